The lowest BCUT2D eigenvalue weighted by molar-refractivity contribution is -0.115. The van der Waals surface area contributed by atoms with E-state index in [1.54, 1.807) is 16.7 Å². The van der Waals surface area contributed by atoms with Crippen LogP contribution in [0.4, 0.5) is 11.4 Å². The van der Waals surface area contributed by atoms with Gasteiger partial charge in [0.05, 0.1) is 17.1 Å². The molecule has 0 unspecified atom stereocenters. The maximum absolute atomic E-state index is 13.2. The molecule has 1 amide bonds. The van der Waals surface area contributed by atoms with Crippen LogP contribution in [0.1, 0.15) is 11.5 Å². The lowest BCUT2D eigenvalue weighted by Crippen LogP contribution is -2.29. The summed E-state index contributed by atoms with van der Waals surface area (Å²) in [6.45, 7) is 2.18. The van der Waals surface area contributed by atoms with Crippen LogP contribution in [0, 0.1) is 6.92 Å². The van der Waals surface area contributed by atoms with Crippen molar-refractivity contribution < 1.29 is 13.9 Å². The van der Waals surface area contributed by atoms with Crippen LogP contribution >= 0.6 is 23.5 Å². The highest BCUT2D eigenvalue weighted by Gasteiger charge is 2.28. The second-order valence-corrected chi connectivity index (χ2v) is 9.13. The summed E-state index contributed by atoms with van der Waals surface area (Å²) in [7, 11) is 0. The second-order valence-electron chi connectivity index (χ2n) is 7.12. The van der Waals surface area contributed by atoms with Crippen LogP contribution in [0.5, 0.6) is 5.75 Å². The van der Waals surface area contributed by atoms with Crippen molar-refractivity contribution in [1.82, 2.24) is 10.2 Å². The van der Waals surface area contributed by atoms with Gasteiger partial charge in [-0.1, -0.05) is 59.9 Å². The summed E-state index contributed by atoms with van der Waals surface area (Å²) in [5.41, 5.74) is 2.89. The Balaban J connectivity index is 1.26. The Kier molecular flexibility index (Phi) is 5.87. The van der Waals surface area contributed by atoms with Gasteiger partial charge in [-0.05, 0) is 48.9 Å². The van der Waals surface area contributed by atoms with Gasteiger partial charge in [0.2, 0.25) is 5.91 Å². The SMILES string of the molecule is Cc1cccc(OCc2nnc(SCC(=O)N3c4ccccc4Sc4ccccc43)o2)c1. The highest BCUT2D eigenvalue weighted by Crippen LogP contribution is 2.48. The molecule has 0 saturated heterocycles. The summed E-state index contributed by atoms with van der Waals surface area (Å²) in [6.07, 6.45) is 0. The molecule has 0 N–H and O–H groups in total. The molecule has 1 aliphatic rings. The summed E-state index contributed by atoms with van der Waals surface area (Å²) in [5.74, 6) is 1.23. The van der Waals surface area contributed by atoms with E-state index in [1.807, 2.05) is 79.7 Å². The Labute approximate surface area is 194 Å². The van der Waals surface area contributed by atoms with Crippen LogP contribution in [-0.2, 0) is 11.4 Å². The van der Waals surface area contributed by atoms with E-state index in [4.69, 9.17) is 9.15 Å². The Morgan fingerprint density at radius 2 is 1.72 bits per heavy atom. The number of fused-ring (bicyclic) bond motifs is 2. The van der Waals surface area contributed by atoms with Crippen molar-refractivity contribution in [2.75, 3.05) is 10.7 Å². The molecule has 32 heavy (non-hydrogen) atoms. The fourth-order valence-corrected chi connectivity index (χ4v) is 5.05. The fourth-order valence-electron chi connectivity index (χ4n) is 3.37. The van der Waals surface area contributed by atoms with E-state index in [9.17, 15) is 4.79 Å². The van der Waals surface area contributed by atoms with Gasteiger partial charge in [-0.2, -0.15) is 0 Å². The number of aromatic nitrogens is 2. The van der Waals surface area contributed by atoms with Crippen LogP contribution in [0.25, 0.3) is 0 Å². The number of anilines is 2. The summed E-state index contributed by atoms with van der Waals surface area (Å²) in [6, 6.07) is 23.6. The average molecular weight is 462 g/mol. The number of rotatable bonds is 6. The molecule has 4 aromatic rings. The number of aryl methyl sites for hydroxylation is 1. The lowest BCUT2D eigenvalue weighted by atomic mass is 10.2. The van der Waals surface area contributed by atoms with Crippen molar-refractivity contribution in [3.8, 4) is 5.75 Å². The molecular weight excluding hydrogens is 442 g/mol. The minimum atomic E-state index is -0.0500. The maximum Gasteiger partial charge on any atom is 0.277 e. The molecule has 5 rings (SSSR count). The molecule has 0 fully saturated rings. The molecule has 1 aromatic heterocycles. The zero-order valence-electron chi connectivity index (χ0n) is 17.2. The fraction of sp³-hybridized carbons (Fsp3) is 0.125. The van der Waals surface area contributed by atoms with Gasteiger partial charge >= 0.3 is 0 Å². The van der Waals surface area contributed by atoms with Crippen LogP contribution < -0.4 is 9.64 Å². The van der Waals surface area contributed by atoms with Crippen LogP contribution in [-0.4, -0.2) is 21.9 Å². The zero-order valence-corrected chi connectivity index (χ0v) is 18.9. The Morgan fingerprint density at radius 1 is 1.00 bits per heavy atom. The summed E-state index contributed by atoms with van der Waals surface area (Å²) in [4.78, 5) is 17.1. The number of hydrogen-bond donors (Lipinski definition) is 0. The first-order chi connectivity index (χ1) is 15.7. The zero-order chi connectivity index (χ0) is 21.9. The minimum Gasteiger partial charge on any atom is -0.484 e. The third-order valence-electron chi connectivity index (χ3n) is 4.80. The van der Waals surface area contributed by atoms with Gasteiger partial charge in [0.15, 0.2) is 6.61 Å². The van der Waals surface area contributed by atoms with Gasteiger partial charge in [-0.25, -0.2) is 0 Å². The number of carbonyl (C=O) groups excluding carboxylic acids is 1. The molecule has 0 aliphatic carbocycles. The van der Waals surface area contributed by atoms with Crippen molar-refractivity contribution in [1.29, 1.82) is 0 Å². The first kappa shape index (κ1) is 20.7. The van der Waals surface area contributed by atoms with Crippen LogP contribution in [0.15, 0.2) is 92.2 Å². The van der Waals surface area contributed by atoms with Crippen molar-refractivity contribution in [3.05, 3.63) is 84.3 Å². The van der Waals surface area contributed by atoms with Crippen LogP contribution in [0.3, 0.4) is 0 Å². The average Bonchev–Trinajstić information content (AvgIpc) is 3.27. The van der Waals surface area contributed by atoms with E-state index in [0.29, 0.717) is 11.1 Å². The smallest absolute Gasteiger partial charge is 0.277 e. The highest BCUT2D eigenvalue weighted by atomic mass is 32.2. The predicted molar refractivity (Wildman–Crippen MR) is 125 cm³/mol. The van der Waals surface area contributed by atoms with E-state index in [2.05, 4.69) is 10.2 Å². The van der Waals surface area contributed by atoms with Gasteiger partial charge in [-0.15, -0.1) is 10.2 Å². The molecule has 6 nitrogen and oxygen atoms in total. The Hall–Kier alpha value is -3.23. The van der Waals surface area contributed by atoms with Gasteiger partial charge in [0.25, 0.3) is 11.1 Å². The summed E-state index contributed by atoms with van der Waals surface area (Å²) < 4.78 is 11.4. The molecule has 3 aromatic carbocycles. The number of benzene rings is 3. The Morgan fingerprint density at radius 3 is 2.44 bits per heavy atom. The number of amides is 1. The van der Waals surface area contributed by atoms with Crippen molar-refractivity contribution in [2.24, 2.45) is 0 Å². The maximum atomic E-state index is 13.2. The molecule has 0 spiro atoms. The first-order valence-corrected chi connectivity index (χ1v) is 11.8. The lowest BCUT2D eigenvalue weighted by Gasteiger charge is -2.30. The van der Waals surface area contributed by atoms with E-state index < -0.39 is 0 Å². The van der Waals surface area contributed by atoms with Crippen molar-refractivity contribution >= 4 is 40.8 Å². The number of thioether (sulfide) groups is 1. The molecule has 0 bridgehead atoms. The van der Waals surface area contributed by atoms with E-state index in [1.165, 1.54) is 11.8 Å². The van der Waals surface area contributed by atoms with Gasteiger partial charge in [0.1, 0.15) is 5.75 Å². The number of carbonyl (C=O) groups is 1. The number of ether oxygens (including phenoxy) is 1. The summed E-state index contributed by atoms with van der Waals surface area (Å²) in [5, 5.41) is 8.41. The molecule has 2 heterocycles. The Bertz CT molecular complexity index is 1230. The van der Waals surface area contributed by atoms with Gasteiger partial charge in [0, 0.05) is 9.79 Å². The third kappa shape index (κ3) is 4.37. The standard InChI is InChI=1S/C24H19N3O3S2/c1-16-7-6-8-17(13-16)29-14-22-25-26-24(30-22)31-15-23(28)27-18-9-2-4-11-20(18)32-21-12-5-3-10-19(21)27/h2-13H,14-15H2,1H3. The number of hydrogen-bond acceptors (Lipinski definition) is 7. The van der Waals surface area contributed by atoms with E-state index >= 15 is 0 Å². The normalized spacial score (nSPS) is 12.2. The minimum absolute atomic E-state index is 0.0500. The highest BCUT2D eigenvalue weighted by molar-refractivity contribution is 8.00. The monoisotopic (exact) mass is 461 g/mol. The molecule has 160 valence electrons. The number of nitrogens with zero attached hydrogens (tertiary/aromatic N) is 3. The topological polar surface area (TPSA) is 68.5 Å². The van der Waals surface area contributed by atoms with E-state index in [-0.39, 0.29) is 18.3 Å². The molecule has 0 radical (unpaired) electrons. The molecule has 1 aliphatic heterocycles. The number of para-hydroxylation sites is 2. The second kappa shape index (κ2) is 9.10. The van der Waals surface area contributed by atoms with Gasteiger partial charge in [-0.3, -0.25) is 9.69 Å². The van der Waals surface area contributed by atoms with Crippen molar-refractivity contribution in [3.63, 3.8) is 0 Å². The largest absolute Gasteiger partial charge is 0.484 e. The quantitative estimate of drug-likeness (QED) is 0.332. The van der Waals surface area contributed by atoms with E-state index in [0.717, 1.165) is 32.5 Å². The molecular formula is C24H19N3O3S2. The summed E-state index contributed by atoms with van der Waals surface area (Å²) >= 11 is 2.89. The van der Waals surface area contributed by atoms with Crippen LogP contribution in [0.2, 0.25) is 0 Å². The predicted octanol–water partition coefficient (Wildman–Crippen LogP) is 5.88. The van der Waals surface area contributed by atoms with Crippen molar-refractivity contribution in [2.45, 2.75) is 28.5 Å². The van der Waals surface area contributed by atoms with Gasteiger partial charge < -0.3 is 9.15 Å². The molecule has 0 saturated carbocycles. The molecule has 8 heteroatoms. The first-order valence-electron chi connectivity index (χ1n) is 10.0. The third-order valence-corrected chi connectivity index (χ3v) is 6.73. The molecule has 0 atom stereocenters.